The van der Waals surface area contributed by atoms with Crippen LogP contribution in [0.1, 0.15) is 27.5 Å². The Balaban J connectivity index is 1.63. The number of nitrogens with zero attached hydrogens (tertiary/aromatic N) is 3. The number of aromatic hydroxyl groups is 1. The van der Waals surface area contributed by atoms with Crippen molar-refractivity contribution in [3.63, 3.8) is 0 Å². The number of carbonyl (C=O) groups excluding carboxylic acids is 1. The van der Waals surface area contributed by atoms with Gasteiger partial charge in [-0.2, -0.15) is 0 Å². The van der Waals surface area contributed by atoms with E-state index in [1.54, 1.807) is 12.1 Å². The average molecular weight is 366 g/mol. The quantitative estimate of drug-likeness (QED) is 0.907. The molecule has 7 heteroatoms. The Labute approximate surface area is 150 Å². The summed E-state index contributed by atoms with van der Waals surface area (Å²) in [7, 11) is 0. The first kappa shape index (κ1) is 17.2. The van der Waals surface area contributed by atoms with Gasteiger partial charge in [0.1, 0.15) is 11.4 Å². The summed E-state index contributed by atoms with van der Waals surface area (Å²) in [6.07, 6.45) is 0.908. The largest absolute Gasteiger partial charge is 0.506 e. The molecule has 0 aliphatic carbocycles. The van der Waals surface area contributed by atoms with Crippen molar-refractivity contribution in [3.8, 4) is 5.75 Å². The van der Waals surface area contributed by atoms with Crippen LogP contribution >= 0.6 is 22.9 Å². The van der Waals surface area contributed by atoms with Crippen LogP contribution in [0.5, 0.6) is 5.75 Å². The van der Waals surface area contributed by atoms with Gasteiger partial charge in [0.05, 0.1) is 10.0 Å². The van der Waals surface area contributed by atoms with Crippen molar-refractivity contribution in [2.75, 3.05) is 26.2 Å². The number of phenols is 1. The zero-order valence-electron chi connectivity index (χ0n) is 13.5. The maximum atomic E-state index is 12.5. The predicted octanol–water partition coefficient (Wildman–Crippen LogP) is 3.16. The average Bonchev–Trinajstić information content (AvgIpc) is 2.86. The molecule has 0 bridgehead atoms. The second kappa shape index (κ2) is 7.51. The minimum Gasteiger partial charge on any atom is -0.506 e. The van der Waals surface area contributed by atoms with Crippen LogP contribution in [0.4, 0.5) is 0 Å². The minimum absolute atomic E-state index is 0.0107. The monoisotopic (exact) mass is 365 g/mol. The van der Waals surface area contributed by atoms with E-state index < -0.39 is 0 Å². The number of carbonyl (C=O) groups is 1. The van der Waals surface area contributed by atoms with Crippen molar-refractivity contribution in [2.24, 2.45) is 0 Å². The zero-order valence-corrected chi connectivity index (χ0v) is 15.1. The Morgan fingerprint density at radius 1 is 1.33 bits per heavy atom. The molecule has 1 aromatic heterocycles. The number of hydrogen-bond donors (Lipinski definition) is 1. The smallest absolute Gasteiger partial charge is 0.273 e. The van der Waals surface area contributed by atoms with Gasteiger partial charge in [0, 0.05) is 38.1 Å². The summed E-state index contributed by atoms with van der Waals surface area (Å²) in [6, 6.07) is 5.31. The SMILES string of the molecule is Cc1nc(C(=O)N2CCCN(Cc3cccc(O)c3Cl)CC2)cs1. The summed E-state index contributed by atoms with van der Waals surface area (Å²) in [5, 5.41) is 12.9. The molecular formula is C17H20ClN3O2S. The molecular weight excluding hydrogens is 346 g/mol. The van der Waals surface area contributed by atoms with Crippen LogP contribution in [0.2, 0.25) is 5.02 Å². The van der Waals surface area contributed by atoms with Gasteiger partial charge in [0.2, 0.25) is 0 Å². The molecule has 1 fully saturated rings. The van der Waals surface area contributed by atoms with E-state index >= 15 is 0 Å². The van der Waals surface area contributed by atoms with E-state index in [0.29, 0.717) is 23.8 Å². The van der Waals surface area contributed by atoms with E-state index in [1.165, 1.54) is 11.3 Å². The molecule has 5 nitrogen and oxygen atoms in total. The first-order valence-corrected chi connectivity index (χ1v) is 9.20. The highest BCUT2D eigenvalue weighted by atomic mass is 35.5. The van der Waals surface area contributed by atoms with Gasteiger partial charge in [-0.25, -0.2) is 4.98 Å². The Hall–Kier alpha value is -1.63. The molecule has 2 heterocycles. The molecule has 1 N–H and O–H groups in total. The molecule has 1 saturated heterocycles. The van der Waals surface area contributed by atoms with E-state index in [0.717, 1.165) is 36.6 Å². The van der Waals surface area contributed by atoms with Gasteiger partial charge < -0.3 is 10.0 Å². The summed E-state index contributed by atoms with van der Waals surface area (Å²) in [5.41, 5.74) is 1.45. The molecule has 2 aromatic rings. The minimum atomic E-state index is 0.0107. The molecule has 1 aromatic carbocycles. The second-order valence-corrected chi connectivity index (χ2v) is 7.36. The summed E-state index contributed by atoms with van der Waals surface area (Å²) < 4.78 is 0. The maximum Gasteiger partial charge on any atom is 0.273 e. The molecule has 1 amide bonds. The predicted molar refractivity (Wildman–Crippen MR) is 95.8 cm³/mol. The third kappa shape index (κ3) is 3.88. The third-order valence-corrected chi connectivity index (χ3v) is 5.38. The molecule has 0 atom stereocenters. The summed E-state index contributed by atoms with van der Waals surface area (Å²) >= 11 is 7.67. The third-order valence-electron chi connectivity index (χ3n) is 4.17. The molecule has 1 aliphatic rings. The second-order valence-electron chi connectivity index (χ2n) is 5.92. The van der Waals surface area contributed by atoms with Crippen molar-refractivity contribution in [3.05, 3.63) is 44.9 Å². The first-order valence-electron chi connectivity index (χ1n) is 7.94. The lowest BCUT2D eigenvalue weighted by atomic mass is 10.2. The summed E-state index contributed by atoms with van der Waals surface area (Å²) in [4.78, 5) is 21.0. The molecule has 0 saturated carbocycles. The van der Waals surface area contributed by atoms with Crippen LogP contribution in [0, 0.1) is 6.92 Å². The van der Waals surface area contributed by atoms with Gasteiger partial charge in [-0.05, 0) is 25.0 Å². The number of halogens is 1. The maximum absolute atomic E-state index is 12.5. The van der Waals surface area contributed by atoms with Crippen molar-refractivity contribution in [2.45, 2.75) is 19.9 Å². The van der Waals surface area contributed by atoms with Crippen LogP contribution in [0.3, 0.4) is 0 Å². The molecule has 1 aliphatic heterocycles. The Bertz CT molecular complexity index is 734. The molecule has 24 heavy (non-hydrogen) atoms. The number of phenolic OH excluding ortho intramolecular Hbond substituents is 1. The lowest BCUT2D eigenvalue weighted by Gasteiger charge is -2.22. The van der Waals surface area contributed by atoms with Crippen molar-refractivity contribution in [1.82, 2.24) is 14.8 Å². The van der Waals surface area contributed by atoms with Gasteiger partial charge in [0.25, 0.3) is 5.91 Å². The lowest BCUT2D eigenvalue weighted by Crippen LogP contribution is -2.35. The van der Waals surface area contributed by atoms with E-state index in [-0.39, 0.29) is 11.7 Å². The van der Waals surface area contributed by atoms with Crippen molar-refractivity contribution in [1.29, 1.82) is 0 Å². The fourth-order valence-corrected chi connectivity index (χ4v) is 3.66. The fourth-order valence-electron chi connectivity index (χ4n) is 2.89. The summed E-state index contributed by atoms with van der Waals surface area (Å²) in [5.74, 6) is 0.122. The highest BCUT2D eigenvalue weighted by Crippen LogP contribution is 2.27. The molecule has 3 rings (SSSR count). The van der Waals surface area contributed by atoms with Gasteiger partial charge >= 0.3 is 0 Å². The standard InChI is InChI=1S/C17H20ClN3O2S/c1-12-19-14(11-24-12)17(23)21-7-3-6-20(8-9-21)10-13-4-2-5-15(22)16(13)18/h2,4-5,11,22H,3,6-10H2,1H3. The van der Waals surface area contributed by atoms with Gasteiger partial charge in [-0.1, -0.05) is 23.7 Å². The van der Waals surface area contributed by atoms with Crippen molar-refractivity contribution >= 4 is 28.8 Å². The van der Waals surface area contributed by atoms with E-state index in [2.05, 4.69) is 9.88 Å². The number of benzene rings is 1. The first-order chi connectivity index (χ1) is 11.5. The molecule has 0 unspecified atom stereocenters. The molecule has 128 valence electrons. The van der Waals surface area contributed by atoms with Crippen LogP contribution < -0.4 is 0 Å². The highest BCUT2D eigenvalue weighted by Gasteiger charge is 2.22. The van der Waals surface area contributed by atoms with E-state index in [4.69, 9.17) is 11.6 Å². The highest BCUT2D eigenvalue weighted by molar-refractivity contribution is 7.09. The number of hydrogen-bond acceptors (Lipinski definition) is 5. The Morgan fingerprint density at radius 2 is 2.17 bits per heavy atom. The summed E-state index contributed by atoms with van der Waals surface area (Å²) in [6.45, 7) is 5.66. The number of amides is 1. The number of aryl methyl sites for hydroxylation is 1. The topological polar surface area (TPSA) is 56.7 Å². The van der Waals surface area contributed by atoms with Gasteiger partial charge in [0.15, 0.2) is 0 Å². The van der Waals surface area contributed by atoms with Crippen LogP contribution in [-0.4, -0.2) is 52.0 Å². The fraction of sp³-hybridized carbons (Fsp3) is 0.412. The van der Waals surface area contributed by atoms with E-state index in [9.17, 15) is 9.90 Å². The Morgan fingerprint density at radius 3 is 2.92 bits per heavy atom. The van der Waals surface area contributed by atoms with Crippen molar-refractivity contribution < 1.29 is 9.90 Å². The van der Waals surface area contributed by atoms with Crippen LogP contribution in [-0.2, 0) is 6.54 Å². The van der Waals surface area contributed by atoms with Crippen LogP contribution in [0.25, 0.3) is 0 Å². The number of rotatable bonds is 3. The van der Waals surface area contributed by atoms with Gasteiger partial charge in [-0.15, -0.1) is 11.3 Å². The number of aromatic nitrogens is 1. The van der Waals surface area contributed by atoms with Gasteiger partial charge in [-0.3, -0.25) is 9.69 Å². The zero-order chi connectivity index (χ0) is 17.1. The molecule has 0 radical (unpaired) electrons. The lowest BCUT2D eigenvalue weighted by molar-refractivity contribution is 0.0756. The normalized spacial score (nSPS) is 16.2. The Kier molecular flexibility index (Phi) is 5.38. The van der Waals surface area contributed by atoms with E-state index in [1.807, 2.05) is 23.3 Å². The number of thiazole rings is 1. The van der Waals surface area contributed by atoms with Crippen LogP contribution in [0.15, 0.2) is 23.6 Å². The molecule has 0 spiro atoms.